The number of ether oxygens (including phenoxy) is 3. The lowest BCUT2D eigenvalue weighted by atomic mass is 10.1. The minimum Gasteiger partial charge on any atom is -0.491 e. The van der Waals surface area contributed by atoms with Crippen molar-refractivity contribution in [1.29, 1.82) is 0 Å². The maximum atomic E-state index is 5.66. The molecule has 0 bridgehead atoms. The van der Waals surface area contributed by atoms with Crippen LogP contribution in [-0.2, 0) is 9.47 Å². The van der Waals surface area contributed by atoms with E-state index in [2.05, 4.69) is 41.7 Å². The monoisotopic (exact) mass is 341 g/mol. The third-order valence-corrected chi connectivity index (χ3v) is 3.62. The zero-order valence-corrected chi connectivity index (χ0v) is 15.0. The van der Waals surface area contributed by atoms with Gasteiger partial charge in [0.15, 0.2) is 0 Å². The Morgan fingerprint density at radius 3 is 1.92 bits per heavy atom. The standard InChI is InChI=1S/C21H27NO3/c1-3-23-14-15-24-16-17-25-21-12-8-19(9-13-21)5-4-18-6-10-20(22-2)11-7-18/h4-13,22H,3,14-17H2,1-2H3/b5-4+. The highest BCUT2D eigenvalue weighted by Crippen LogP contribution is 2.15. The number of hydrogen-bond donors (Lipinski definition) is 1. The first-order valence-corrected chi connectivity index (χ1v) is 8.66. The molecule has 4 nitrogen and oxygen atoms in total. The predicted octanol–water partition coefficient (Wildman–Crippen LogP) is 4.33. The molecule has 2 aromatic rings. The Bertz CT molecular complexity index is 621. The van der Waals surface area contributed by atoms with E-state index in [0.717, 1.165) is 23.6 Å². The molecule has 0 aliphatic heterocycles. The molecule has 4 heteroatoms. The molecule has 134 valence electrons. The highest BCUT2D eigenvalue weighted by Gasteiger charge is 1.95. The summed E-state index contributed by atoms with van der Waals surface area (Å²) >= 11 is 0. The summed E-state index contributed by atoms with van der Waals surface area (Å²) < 4.78 is 16.3. The number of hydrogen-bond acceptors (Lipinski definition) is 4. The second kappa shape index (κ2) is 11.3. The van der Waals surface area contributed by atoms with Crippen LogP contribution in [0, 0.1) is 0 Å². The molecule has 0 fully saturated rings. The molecule has 0 radical (unpaired) electrons. The van der Waals surface area contributed by atoms with Crippen molar-refractivity contribution >= 4 is 17.8 Å². The highest BCUT2D eigenvalue weighted by molar-refractivity contribution is 5.70. The van der Waals surface area contributed by atoms with Gasteiger partial charge >= 0.3 is 0 Å². The third kappa shape index (κ3) is 7.42. The Morgan fingerprint density at radius 1 is 0.760 bits per heavy atom. The number of benzene rings is 2. The van der Waals surface area contributed by atoms with Crippen molar-refractivity contribution < 1.29 is 14.2 Å². The molecule has 0 aliphatic carbocycles. The van der Waals surface area contributed by atoms with Crippen LogP contribution in [0.3, 0.4) is 0 Å². The van der Waals surface area contributed by atoms with Crippen LogP contribution in [0.25, 0.3) is 12.2 Å². The lowest BCUT2D eigenvalue weighted by Crippen LogP contribution is -2.10. The normalized spacial score (nSPS) is 11.0. The third-order valence-electron chi connectivity index (χ3n) is 3.62. The van der Waals surface area contributed by atoms with Crippen LogP contribution in [0.15, 0.2) is 48.5 Å². The van der Waals surface area contributed by atoms with E-state index in [0.29, 0.717) is 26.4 Å². The smallest absolute Gasteiger partial charge is 0.119 e. The van der Waals surface area contributed by atoms with Crippen molar-refractivity contribution in [2.45, 2.75) is 6.92 Å². The van der Waals surface area contributed by atoms with Gasteiger partial charge in [-0.15, -0.1) is 0 Å². The van der Waals surface area contributed by atoms with Crippen LogP contribution in [0.2, 0.25) is 0 Å². The van der Waals surface area contributed by atoms with Gasteiger partial charge in [-0.1, -0.05) is 36.4 Å². The SMILES string of the molecule is CCOCCOCCOc1ccc(/C=C/c2ccc(NC)cc2)cc1. The van der Waals surface area contributed by atoms with Crippen LogP contribution in [-0.4, -0.2) is 40.1 Å². The Balaban J connectivity index is 1.72. The summed E-state index contributed by atoms with van der Waals surface area (Å²) in [5, 5.41) is 3.11. The fourth-order valence-electron chi connectivity index (χ4n) is 2.21. The lowest BCUT2D eigenvalue weighted by Gasteiger charge is -2.07. The molecule has 0 spiro atoms. The van der Waals surface area contributed by atoms with Crippen molar-refractivity contribution in [1.82, 2.24) is 0 Å². The fraction of sp³-hybridized carbons (Fsp3) is 0.333. The predicted molar refractivity (Wildman–Crippen MR) is 104 cm³/mol. The van der Waals surface area contributed by atoms with Gasteiger partial charge in [0.05, 0.1) is 19.8 Å². The zero-order valence-electron chi connectivity index (χ0n) is 15.0. The van der Waals surface area contributed by atoms with Gasteiger partial charge < -0.3 is 19.5 Å². The molecule has 0 heterocycles. The second-order valence-corrected chi connectivity index (χ2v) is 5.43. The first-order chi connectivity index (χ1) is 12.3. The molecule has 0 aromatic heterocycles. The lowest BCUT2D eigenvalue weighted by molar-refractivity contribution is 0.0405. The Hall–Kier alpha value is -2.30. The average Bonchev–Trinajstić information content (AvgIpc) is 2.67. The number of rotatable bonds is 11. The van der Waals surface area contributed by atoms with E-state index in [4.69, 9.17) is 14.2 Å². The number of nitrogens with one attached hydrogen (secondary N) is 1. The molecule has 1 N–H and O–H groups in total. The minimum absolute atomic E-state index is 0.541. The summed E-state index contributed by atoms with van der Waals surface area (Å²) in [4.78, 5) is 0. The summed E-state index contributed by atoms with van der Waals surface area (Å²) in [7, 11) is 1.92. The van der Waals surface area contributed by atoms with E-state index in [1.165, 1.54) is 5.56 Å². The molecular formula is C21H27NO3. The van der Waals surface area contributed by atoms with Gasteiger partial charge in [0.2, 0.25) is 0 Å². The Kier molecular flexibility index (Phi) is 8.59. The summed E-state index contributed by atoms with van der Waals surface area (Å²) in [6.45, 7) is 5.05. The summed E-state index contributed by atoms with van der Waals surface area (Å²) in [5.41, 5.74) is 3.42. The van der Waals surface area contributed by atoms with Gasteiger partial charge in [-0.25, -0.2) is 0 Å². The number of anilines is 1. The van der Waals surface area contributed by atoms with Crippen molar-refractivity contribution in [3.05, 3.63) is 59.7 Å². The van der Waals surface area contributed by atoms with E-state index in [9.17, 15) is 0 Å². The van der Waals surface area contributed by atoms with Gasteiger partial charge in [-0.3, -0.25) is 0 Å². The zero-order chi connectivity index (χ0) is 17.7. The van der Waals surface area contributed by atoms with Gasteiger partial charge in [0, 0.05) is 19.3 Å². The van der Waals surface area contributed by atoms with Crippen molar-refractivity contribution in [3.8, 4) is 5.75 Å². The van der Waals surface area contributed by atoms with E-state index < -0.39 is 0 Å². The largest absolute Gasteiger partial charge is 0.491 e. The van der Waals surface area contributed by atoms with Crippen molar-refractivity contribution in [3.63, 3.8) is 0 Å². The van der Waals surface area contributed by atoms with Crippen molar-refractivity contribution in [2.75, 3.05) is 45.4 Å². The van der Waals surface area contributed by atoms with Gasteiger partial charge in [0.1, 0.15) is 12.4 Å². The molecular weight excluding hydrogens is 314 g/mol. The first kappa shape index (κ1) is 19.0. The molecule has 0 aliphatic rings. The van der Waals surface area contributed by atoms with Gasteiger partial charge in [0.25, 0.3) is 0 Å². The maximum Gasteiger partial charge on any atom is 0.119 e. The summed E-state index contributed by atoms with van der Waals surface area (Å²) in [6, 6.07) is 16.3. The second-order valence-electron chi connectivity index (χ2n) is 5.43. The minimum atomic E-state index is 0.541. The average molecular weight is 341 g/mol. The summed E-state index contributed by atoms with van der Waals surface area (Å²) in [6.07, 6.45) is 4.19. The molecule has 0 amide bonds. The summed E-state index contributed by atoms with van der Waals surface area (Å²) in [5.74, 6) is 0.851. The van der Waals surface area contributed by atoms with Crippen molar-refractivity contribution in [2.24, 2.45) is 0 Å². The maximum absolute atomic E-state index is 5.66. The molecule has 0 saturated heterocycles. The van der Waals surface area contributed by atoms with E-state index in [1.54, 1.807) is 0 Å². The van der Waals surface area contributed by atoms with E-state index in [1.807, 2.05) is 38.2 Å². The van der Waals surface area contributed by atoms with Crippen LogP contribution >= 0.6 is 0 Å². The van der Waals surface area contributed by atoms with Gasteiger partial charge in [-0.05, 0) is 42.3 Å². The molecule has 2 rings (SSSR count). The topological polar surface area (TPSA) is 39.7 Å². The van der Waals surface area contributed by atoms with E-state index in [-0.39, 0.29) is 0 Å². The highest BCUT2D eigenvalue weighted by atomic mass is 16.5. The first-order valence-electron chi connectivity index (χ1n) is 8.66. The van der Waals surface area contributed by atoms with Crippen LogP contribution in [0.5, 0.6) is 5.75 Å². The molecule has 2 aromatic carbocycles. The fourth-order valence-corrected chi connectivity index (χ4v) is 2.21. The molecule has 0 saturated carbocycles. The molecule has 0 atom stereocenters. The van der Waals surface area contributed by atoms with Crippen LogP contribution in [0.1, 0.15) is 18.1 Å². The van der Waals surface area contributed by atoms with E-state index >= 15 is 0 Å². The van der Waals surface area contributed by atoms with Gasteiger partial charge in [-0.2, -0.15) is 0 Å². The molecule has 0 unspecified atom stereocenters. The Labute approximate surface area is 150 Å². The van der Waals surface area contributed by atoms with Crippen LogP contribution < -0.4 is 10.1 Å². The quantitative estimate of drug-likeness (QED) is 0.488. The molecule has 25 heavy (non-hydrogen) atoms. The Morgan fingerprint density at radius 2 is 1.32 bits per heavy atom. The van der Waals surface area contributed by atoms with Crippen LogP contribution in [0.4, 0.5) is 5.69 Å².